The zero-order valence-corrected chi connectivity index (χ0v) is 13.4. The molecule has 0 amide bonds. The second-order valence-corrected chi connectivity index (χ2v) is 5.80. The maximum Gasteiger partial charge on any atom is 0.142 e. The van der Waals surface area contributed by atoms with Crippen LogP contribution in [0.25, 0.3) is 11.1 Å². The van der Waals surface area contributed by atoms with Crippen LogP contribution in [0.15, 0.2) is 24.3 Å². The van der Waals surface area contributed by atoms with Crippen molar-refractivity contribution in [3.05, 3.63) is 41.1 Å². The van der Waals surface area contributed by atoms with Crippen LogP contribution in [0.5, 0.6) is 5.75 Å². The molecule has 4 nitrogen and oxygen atoms in total. The average molecular weight is 307 g/mol. The lowest BCUT2D eigenvalue weighted by Crippen LogP contribution is -2.07. The molecule has 0 atom stereocenters. The molecule has 0 bridgehead atoms. The first-order valence-corrected chi connectivity index (χ1v) is 8.19. The Morgan fingerprint density at radius 1 is 1.17 bits per heavy atom. The molecule has 0 aliphatic heterocycles. The van der Waals surface area contributed by atoms with Gasteiger partial charge in [0.05, 0.1) is 6.61 Å². The molecule has 1 aliphatic carbocycles. The summed E-state index contributed by atoms with van der Waals surface area (Å²) in [5.74, 6) is 1.18. The van der Waals surface area contributed by atoms with Gasteiger partial charge in [-0.2, -0.15) is 5.26 Å². The third-order valence-corrected chi connectivity index (χ3v) is 4.32. The van der Waals surface area contributed by atoms with E-state index in [0.29, 0.717) is 18.0 Å². The van der Waals surface area contributed by atoms with E-state index in [9.17, 15) is 5.26 Å². The number of fused-ring (bicyclic) bond motifs is 1. The number of nitrogen functional groups attached to an aromatic ring is 1. The van der Waals surface area contributed by atoms with Crippen molar-refractivity contribution in [2.75, 3.05) is 12.3 Å². The molecule has 0 fully saturated rings. The van der Waals surface area contributed by atoms with E-state index in [1.165, 1.54) is 12.0 Å². The molecule has 0 saturated carbocycles. The number of hydrogen-bond acceptors (Lipinski definition) is 4. The first kappa shape index (κ1) is 15.4. The molecule has 0 spiro atoms. The van der Waals surface area contributed by atoms with E-state index in [1.807, 2.05) is 31.2 Å². The van der Waals surface area contributed by atoms with Crippen molar-refractivity contribution in [1.29, 1.82) is 5.26 Å². The van der Waals surface area contributed by atoms with Gasteiger partial charge in [0, 0.05) is 11.3 Å². The number of pyridine rings is 1. The van der Waals surface area contributed by atoms with Crippen LogP contribution in [0.2, 0.25) is 0 Å². The van der Waals surface area contributed by atoms with Crippen LogP contribution in [-0.4, -0.2) is 11.6 Å². The fourth-order valence-corrected chi connectivity index (χ4v) is 3.26. The van der Waals surface area contributed by atoms with E-state index in [4.69, 9.17) is 10.5 Å². The number of aryl methyl sites for hydroxylation is 1. The van der Waals surface area contributed by atoms with Crippen molar-refractivity contribution >= 4 is 5.82 Å². The summed E-state index contributed by atoms with van der Waals surface area (Å²) in [7, 11) is 0. The van der Waals surface area contributed by atoms with E-state index in [0.717, 1.165) is 48.3 Å². The highest BCUT2D eigenvalue weighted by Crippen LogP contribution is 2.35. The zero-order chi connectivity index (χ0) is 16.2. The molecule has 118 valence electrons. The highest BCUT2D eigenvalue weighted by molar-refractivity contribution is 5.79. The maximum absolute atomic E-state index is 9.58. The van der Waals surface area contributed by atoms with Gasteiger partial charge in [0.1, 0.15) is 23.2 Å². The summed E-state index contributed by atoms with van der Waals surface area (Å²) in [5.41, 5.74) is 10.8. The molecular formula is C19H21N3O. The molecule has 1 aliphatic rings. The van der Waals surface area contributed by atoms with Crippen LogP contribution in [0.1, 0.15) is 43.0 Å². The van der Waals surface area contributed by atoms with Crippen molar-refractivity contribution in [2.45, 2.75) is 39.0 Å². The summed E-state index contributed by atoms with van der Waals surface area (Å²) in [6.07, 6.45) is 5.36. The van der Waals surface area contributed by atoms with Crippen molar-refractivity contribution in [3.63, 3.8) is 0 Å². The van der Waals surface area contributed by atoms with Crippen molar-refractivity contribution in [1.82, 2.24) is 4.98 Å². The van der Waals surface area contributed by atoms with Crippen LogP contribution in [0, 0.1) is 11.3 Å². The largest absolute Gasteiger partial charge is 0.494 e. The van der Waals surface area contributed by atoms with Crippen molar-refractivity contribution < 1.29 is 4.74 Å². The first-order valence-electron chi connectivity index (χ1n) is 8.19. The summed E-state index contributed by atoms with van der Waals surface area (Å²) in [6, 6.07) is 10.2. The quantitative estimate of drug-likeness (QED) is 0.874. The van der Waals surface area contributed by atoms with Gasteiger partial charge in [0.2, 0.25) is 0 Å². The van der Waals surface area contributed by atoms with Gasteiger partial charge < -0.3 is 10.5 Å². The predicted molar refractivity (Wildman–Crippen MR) is 91.2 cm³/mol. The Morgan fingerprint density at radius 2 is 1.91 bits per heavy atom. The number of anilines is 1. The van der Waals surface area contributed by atoms with Gasteiger partial charge in [-0.1, -0.05) is 18.6 Å². The molecule has 0 unspecified atom stereocenters. The minimum atomic E-state index is 0.344. The van der Waals surface area contributed by atoms with Gasteiger partial charge in [0.25, 0.3) is 0 Å². The SMILES string of the molecule is CCOc1ccc(-c2c(C#N)c(N)nc3c2CCCCC3)cc1. The van der Waals surface area contributed by atoms with Crippen LogP contribution in [-0.2, 0) is 12.8 Å². The molecule has 2 aromatic rings. The summed E-state index contributed by atoms with van der Waals surface area (Å²) >= 11 is 0. The number of nitriles is 1. The Hall–Kier alpha value is -2.54. The number of rotatable bonds is 3. The van der Waals surface area contributed by atoms with Gasteiger partial charge in [0.15, 0.2) is 0 Å². The first-order chi connectivity index (χ1) is 11.2. The molecule has 2 N–H and O–H groups in total. The molecule has 0 radical (unpaired) electrons. The minimum Gasteiger partial charge on any atom is -0.494 e. The minimum absolute atomic E-state index is 0.344. The van der Waals surface area contributed by atoms with E-state index < -0.39 is 0 Å². The molecule has 0 saturated heterocycles. The molecule has 1 aromatic heterocycles. The number of aromatic nitrogens is 1. The van der Waals surface area contributed by atoms with Crippen LogP contribution >= 0.6 is 0 Å². The van der Waals surface area contributed by atoms with Crippen molar-refractivity contribution in [3.8, 4) is 22.9 Å². The van der Waals surface area contributed by atoms with Gasteiger partial charge in [-0.3, -0.25) is 0 Å². The summed E-state index contributed by atoms with van der Waals surface area (Å²) in [4.78, 5) is 4.51. The lowest BCUT2D eigenvalue weighted by molar-refractivity contribution is 0.340. The Kier molecular flexibility index (Phi) is 4.47. The second kappa shape index (κ2) is 6.70. The molecular weight excluding hydrogens is 286 g/mol. The highest BCUT2D eigenvalue weighted by atomic mass is 16.5. The molecule has 4 heteroatoms. The summed E-state index contributed by atoms with van der Waals surface area (Å²) < 4.78 is 5.51. The normalized spacial score (nSPS) is 13.7. The molecule has 23 heavy (non-hydrogen) atoms. The second-order valence-electron chi connectivity index (χ2n) is 5.80. The Balaban J connectivity index is 2.16. The van der Waals surface area contributed by atoms with Crippen molar-refractivity contribution in [2.24, 2.45) is 0 Å². The Bertz CT molecular complexity index is 745. The average Bonchev–Trinajstić information content (AvgIpc) is 2.80. The fraction of sp³-hybridized carbons (Fsp3) is 0.368. The van der Waals surface area contributed by atoms with Crippen LogP contribution in [0.4, 0.5) is 5.82 Å². The molecule has 1 heterocycles. The summed E-state index contributed by atoms with van der Waals surface area (Å²) in [6.45, 7) is 2.60. The van der Waals surface area contributed by atoms with E-state index in [-0.39, 0.29) is 0 Å². The fourth-order valence-electron chi connectivity index (χ4n) is 3.26. The topological polar surface area (TPSA) is 71.9 Å². The third kappa shape index (κ3) is 3.00. The van der Waals surface area contributed by atoms with Gasteiger partial charge in [-0.05, 0) is 55.9 Å². The van der Waals surface area contributed by atoms with Gasteiger partial charge in [-0.25, -0.2) is 4.98 Å². The number of nitrogens with two attached hydrogens (primary N) is 1. The zero-order valence-electron chi connectivity index (χ0n) is 13.4. The predicted octanol–water partition coefficient (Wildman–Crippen LogP) is 3.87. The Labute approximate surface area is 136 Å². The monoisotopic (exact) mass is 307 g/mol. The van der Waals surface area contributed by atoms with Gasteiger partial charge >= 0.3 is 0 Å². The van der Waals surface area contributed by atoms with Gasteiger partial charge in [-0.15, -0.1) is 0 Å². The number of ether oxygens (including phenoxy) is 1. The van der Waals surface area contributed by atoms with Crippen LogP contribution < -0.4 is 10.5 Å². The number of hydrogen-bond donors (Lipinski definition) is 1. The van der Waals surface area contributed by atoms with E-state index in [1.54, 1.807) is 0 Å². The number of benzene rings is 1. The lowest BCUT2D eigenvalue weighted by Gasteiger charge is -2.16. The lowest BCUT2D eigenvalue weighted by atomic mass is 9.92. The highest BCUT2D eigenvalue weighted by Gasteiger charge is 2.21. The van der Waals surface area contributed by atoms with Crippen LogP contribution in [0.3, 0.4) is 0 Å². The maximum atomic E-state index is 9.58. The third-order valence-electron chi connectivity index (χ3n) is 4.32. The van der Waals surface area contributed by atoms with E-state index in [2.05, 4.69) is 11.1 Å². The summed E-state index contributed by atoms with van der Waals surface area (Å²) in [5, 5.41) is 9.58. The van der Waals surface area contributed by atoms with E-state index >= 15 is 0 Å². The molecule has 3 rings (SSSR count). The number of nitrogens with zero attached hydrogens (tertiary/aromatic N) is 2. The Morgan fingerprint density at radius 3 is 2.61 bits per heavy atom. The standard InChI is InChI=1S/C19H21N3O/c1-2-23-14-10-8-13(9-11-14)18-15-6-4-3-5-7-17(15)22-19(21)16(18)12-20/h8-11H,2-7H2,1H3,(H2,21,22). The molecule has 1 aromatic carbocycles. The smallest absolute Gasteiger partial charge is 0.142 e.